The van der Waals surface area contributed by atoms with E-state index in [1.54, 1.807) is 23.9 Å². The molecule has 108 valence electrons. The second-order valence-electron chi connectivity index (χ2n) is 4.77. The maximum absolute atomic E-state index is 12.8. The Labute approximate surface area is 123 Å². The van der Waals surface area contributed by atoms with Crippen LogP contribution in [0.4, 0.5) is 4.39 Å². The van der Waals surface area contributed by atoms with E-state index in [9.17, 15) is 4.39 Å². The fraction of sp³-hybridized carbons (Fsp3) is 0.400. The molecule has 0 aliphatic heterocycles. The Morgan fingerprint density at radius 3 is 2.80 bits per heavy atom. The van der Waals surface area contributed by atoms with E-state index in [4.69, 9.17) is 5.73 Å². The van der Waals surface area contributed by atoms with Gasteiger partial charge in [0, 0.05) is 42.0 Å². The summed E-state index contributed by atoms with van der Waals surface area (Å²) in [5.74, 6) is 1.63. The van der Waals surface area contributed by atoms with Gasteiger partial charge in [0.2, 0.25) is 0 Å². The lowest BCUT2D eigenvalue weighted by molar-refractivity contribution is 0.607. The van der Waals surface area contributed by atoms with Crippen LogP contribution < -0.4 is 5.73 Å². The lowest BCUT2D eigenvalue weighted by atomic mass is 10.2. The quantitative estimate of drug-likeness (QED) is 0.798. The molecule has 1 atom stereocenters. The number of hydrogen-bond donors (Lipinski definition) is 1. The third kappa shape index (κ3) is 4.35. The predicted octanol–water partition coefficient (Wildman–Crippen LogP) is 3.09. The van der Waals surface area contributed by atoms with Crippen molar-refractivity contribution in [2.75, 3.05) is 5.75 Å². The van der Waals surface area contributed by atoms with Gasteiger partial charge in [-0.1, -0.05) is 6.92 Å². The summed E-state index contributed by atoms with van der Waals surface area (Å²) in [6.07, 6.45) is 5.67. The third-order valence-corrected chi connectivity index (χ3v) is 4.19. The van der Waals surface area contributed by atoms with Gasteiger partial charge >= 0.3 is 0 Å². The van der Waals surface area contributed by atoms with E-state index in [0.29, 0.717) is 0 Å². The first-order valence-corrected chi connectivity index (χ1v) is 7.81. The molecule has 20 heavy (non-hydrogen) atoms. The van der Waals surface area contributed by atoms with Crippen LogP contribution >= 0.6 is 11.8 Å². The molecular weight excluding hydrogens is 273 g/mol. The molecule has 3 nitrogen and oxygen atoms in total. The summed E-state index contributed by atoms with van der Waals surface area (Å²) in [5.41, 5.74) is 6.16. The second kappa shape index (κ2) is 7.45. The van der Waals surface area contributed by atoms with E-state index in [-0.39, 0.29) is 11.9 Å². The van der Waals surface area contributed by atoms with Gasteiger partial charge in [-0.2, -0.15) is 0 Å². The predicted molar refractivity (Wildman–Crippen MR) is 81.3 cm³/mol. The average molecular weight is 293 g/mol. The van der Waals surface area contributed by atoms with Crippen molar-refractivity contribution in [2.45, 2.75) is 37.2 Å². The maximum Gasteiger partial charge on any atom is 0.123 e. The summed E-state index contributed by atoms with van der Waals surface area (Å²) in [4.78, 5) is 5.41. The molecular formula is C15H20FN3S. The third-order valence-electron chi connectivity index (χ3n) is 2.99. The average Bonchev–Trinajstić information content (AvgIpc) is 2.86. The summed E-state index contributed by atoms with van der Waals surface area (Å²) in [6, 6.07) is 6.56. The molecule has 1 heterocycles. The Morgan fingerprint density at radius 2 is 2.10 bits per heavy atom. The van der Waals surface area contributed by atoms with Gasteiger partial charge in [0.1, 0.15) is 11.6 Å². The van der Waals surface area contributed by atoms with Crippen LogP contribution in [0.3, 0.4) is 0 Å². The van der Waals surface area contributed by atoms with Crippen molar-refractivity contribution < 1.29 is 4.39 Å². The number of benzene rings is 1. The van der Waals surface area contributed by atoms with Gasteiger partial charge in [0.25, 0.3) is 0 Å². The molecule has 2 N–H and O–H groups in total. The highest BCUT2D eigenvalue weighted by Crippen LogP contribution is 2.19. The van der Waals surface area contributed by atoms with Gasteiger partial charge in [0.05, 0.1) is 0 Å². The number of nitrogens with two attached hydrogens (primary N) is 1. The normalized spacial score (nSPS) is 12.6. The monoisotopic (exact) mass is 293 g/mol. The van der Waals surface area contributed by atoms with Crippen LogP contribution in [0.5, 0.6) is 0 Å². The minimum Gasteiger partial charge on any atom is -0.335 e. The highest BCUT2D eigenvalue weighted by Gasteiger charge is 2.09. The molecule has 0 saturated heterocycles. The van der Waals surface area contributed by atoms with Crippen LogP contribution in [0.15, 0.2) is 41.6 Å². The van der Waals surface area contributed by atoms with Gasteiger partial charge in [-0.15, -0.1) is 11.8 Å². The number of imidazole rings is 1. The largest absolute Gasteiger partial charge is 0.335 e. The van der Waals surface area contributed by atoms with Gasteiger partial charge in [0.15, 0.2) is 0 Å². The first-order valence-electron chi connectivity index (χ1n) is 6.83. The minimum atomic E-state index is -0.208. The van der Waals surface area contributed by atoms with E-state index in [1.807, 2.05) is 12.4 Å². The van der Waals surface area contributed by atoms with Crippen molar-refractivity contribution in [1.82, 2.24) is 9.55 Å². The van der Waals surface area contributed by atoms with Crippen LogP contribution in [-0.2, 0) is 13.0 Å². The van der Waals surface area contributed by atoms with Gasteiger partial charge in [-0.25, -0.2) is 9.37 Å². The van der Waals surface area contributed by atoms with E-state index in [0.717, 1.165) is 35.9 Å². The smallest absolute Gasteiger partial charge is 0.123 e. The van der Waals surface area contributed by atoms with Crippen molar-refractivity contribution in [1.29, 1.82) is 0 Å². The fourth-order valence-corrected chi connectivity index (χ4v) is 2.85. The summed E-state index contributed by atoms with van der Waals surface area (Å²) in [5, 5.41) is 0. The number of thioether (sulfide) groups is 1. The molecule has 1 aromatic carbocycles. The second-order valence-corrected chi connectivity index (χ2v) is 5.86. The highest BCUT2D eigenvalue weighted by atomic mass is 32.2. The van der Waals surface area contributed by atoms with Gasteiger partial charge in [-0.3, -0.25) is 0 Å². The first kappa shape index (κ1) is 15.1. The molecule has 0 spiro atoms. The Kier molecular flexibility index (Phi) is 5.61. The summed E-state index contributed by atoms with van der Waals surface area (Å²) < 4.78 is 15.0. The molecule has 0 fully saturated rings. The zero-order valence-corrected chi connectivity index (χ0v) is 12.4. The van der Waals surface area contributed by atoms with Crippen LogP contribution in [0.1, 0.15) is 19.2 Å². The highest BCUT2D eigenvalue weighted by molar-refractivity contribution is 7.99. The number of hydrogen-bond acceptors (Lipinski definition) is 3. The first-order chi connectivity index (χ1) is 9.69. The Morgan fingerprint density at radius 1 is 1.35 bits per heavy atom. The maximum atomic E-state index is 12.8. The van der Waals surface area contributed by atoms with Crippen LogP contribution in [0.2, 0.25) is 0 Å². The zero-order chi connectivity index (χ0) is 14.4. The minimum absolute atomic E-state index is 0.0445. The SMILES string of the molecule is CCCn1ccnc1CC(N)CSc1ccc(F)cc1. The van der Waals surface area contributed by atoms with Crippen molar-refractivity contribution in [3.8, 4) is 0 Å². The van der Waals surface area contributed by atoms with Crippen LogP contribution in [0, 0.1) is 5.82 Å². The molecule has 5 heteroatoms. The van der Waals surface area contributed by atoms with E-state index in [2.05, 4.69) is 16.5 Å². The summed E-state index contributed by atoms with van der Waals surface area (Å²) in [6.45, 7) is 3.13. The Balaban J connectivity index is 1.84. The number of rotatable bonds is 7. The van der Waals surface area contributed by atoms with E-state index >= 15 is 0 Å². The molecule has 0 aliphatic rings. The van der Waals surface area contributed by atoms with Gasteiger partial charge < -0.3 is 10.3 Å². The lowest BCUT2D eigenvalue weighted by Gasteiger charge is -2.12. The van der Waals surface area contributed by atoms with Crippen LogP contribution in [-0.4, -0.2) is 21.3 Å². The number of halogens is 1. The molecule has 2 aromatic rings. The molecule has 0 saturated carbocycles. The van der Waals surface area contributed by atoms with E-state index in [1.165, 1.54) is 12.1 Å². The number of aromatic nitrogens is 2. The summed E-state index contributed by atoms with van der Waals surface area (Å²) in [7, 11) is 0. The molecule has 1 aromatic heterocycles. The molecule has 1 unspecified atom stereocenters. The topological polar surface area (TPSA) is 43.8 Å². The Hall–Kier alpha value is -1.33. The van der Waals surface area contributed by atoms with Crippen molar-refractivity contribution in [3.05, 3.63) is 48.3 Å². The van der Waals surface area contributed by atoms with Crippen LogP contribution in [0.25, 0.3) is 0 Å². The van der Waals surface area contributed by atoms with Gasteiger partial charge in [-0.05, 0) is 30.7 Å². The number of nitrogens with zero attached hydrogens (tertiary/aromatic N) is 2. The fourth-order valence-electron chi connectivity index (χ4n) is 2.00. The molecule has 2 rings (SSSR count). The molecule has 0 bridgehead atoms. The lowest BCUT2D eigenvalue weighted by Crippen LogP contribution is -2.27. The van der Waals surface area contributed by atoms with Crippen molar-refractivity contribution >= 4 is 11.8 Å². The zero-order valence-electron chi connectivity index (χ0n) is 11.6. The standard InChI is InChI=1S/C15H20FN3S/c1-2-8-19-9-7-18-15(19)10-13(17)11-20-14-5-3-12(16)4-6-14/h3-7,9,13H,2,8,10-11,17H2,1H3. The van der Waals surface area contributed by atoms with E-state index < -0.39 is 0 Å². The Bertz CT molecular complexity index is 524. The van der Waals surface area contributed by atoms with Crippen molar-refractivity contribution in [3.63, 3.8) is 0 Å². The molecule has 0 amide bonds. The molecule has 0 aliphatic carbocycles. The van der Waals surface area contributed by atoms with Crippen molar-refractivity contribution in [2.24, 2.45) is 5.73 Å². The molecule has 0 radical (unpaired) electrons. The summed E-state index contributed by atoms with van der Waals surface area (Å²) >= 11 is 1.65. The number of aryl methyl sites for hydroxylation is 1.